The Hall–Kier alpha value is -2.33. The first-order valence-electron chi connectivity index (χ1n) is 9.05. The van der Waals surface area contributed by atoms with Crippen molar-refractivity contribution in [1.82, 2.24) is 0 Å². The molecule has 1 fully saturated rings. The van der Waals surface area contributed by atoms with Gasteiger partial charge in [-0.15, -0.1) is 0 Å². The van der Waals surface area contributed by atoms with Crippen LogP contribution in [0.5, 0.6) is 5.75 Å². The van der Waals surface area contributed by atoms with E-state index < -0.39 is 6.10 Å². The fourth-order valence-electron chi connectivity index (χ4n) is 3.25. The highest BCUT2D eigenvalue weighted by molar-refractivity contribution is 5.34. The van der Waals surface area contributed by atoms with Crippen LogP contribution in [0.3, 0.4) is 0 Å². The van der Waals surface area contributed by atoms with Crippen molar-refractivity contribution in [2.24, 2.45) is 0 Å². The molecule has 3 rings (SSSR count). The van der Waals surface area contributed by atoms with Crippen LogP contribution in [-0.2, 0) is 11.2 Å². The van der Waals surface area contributed by atoms with Crippen LogP contribution in [0.1, 0.15) is 49.5 Å². The van der Waals surface area contributed by atoms with Crippen molar-refractivity contribution in [1.29, 1.82) is 0 Å². The van der Waals surface area contributed by atoms with Crippen LogP contribution >= 0.6 is 0 Å². The van der Waals surface area contributed by atoms with Gasteiger partial charge in [-0.25, -0.2) is 4.39 Å². The molecule has 0 aromatic heterocycles. The van der Waals surface area contributed by atoms with E-state index in [4.69, 9.17) is 9.47 Å². The van der Waals surface area contributed by atoms with Gasteiger partial charge in [-0.1, -0.05) is 36.4 Å². The minimum Gasteiger partial charge on any atom is -0.494 e. The summed E-state index contributed by atoms with van der Waals surface area (Å²) in [5.41, 5.74) is 3.30. The standard InChI is InChI=1S/C22H25FO3/c1-3-25-20-9-7-16(8-10-20)11-17-5-4-6-18(12-17)22-14-19(24)13-21(26-22)15(2)23/h4-10,12,19,22,24H,3,11,13-14H2,1-2H3/b21-15+. The number of benzene rings is 2. The molecule has 2 unspecified atom stereocenters. The molecule has 3 nitrogen and oxygen atoms in total. The van der Waals surface area contributed by atoms with Crippen molar-refractivity contribution >= 4 is 0 Å². The van der Waals surface area contributed by atoms with Crippen molar-refractivity contribution in [3.05, 3.63) is 76.8 Å². The topological polar surface area (TPSA) is 38.7 Å². The summed E-state index contributed by atoms with van der Waals surface area (Å²) in [5, 5.41) is 10.0. The summed E-state index contributed by atoms with van der Waals surface area (Å²) in [6.07, 6.45) is 0.609. The molecule has 1 heterocycles. The van der Waals surface area contributed by atoms with Gasteiger partial charge in [-0.2, -0.15) is 0 Å². The molecule has 0 aliphatic carbocycles. The molecule has 4 heteroatoms. The van der Waals surface area contributed by atoms with Crippen molar-refractivity contribution < 1.29 is 19.0 Å². The minimum absolute atomic E-state index is 0.241. The van der Waals surface area contributed by atoms with E-state index >= 15 is 0 Å². The maximum atomic E-state index is 13.5. The van der Waals surface area contributed by atoms with Gasteiger partial charge in [-0.05, 0) is 49.1 Å². The van der Waals surface area contributed by atoms with Gasteiger partial charge in [0.25, 0.3) is 0 Å². The monoisotopic (exact) mass is 356 g/mol. The molecule has 0 amide bonds. The third-order valence-electron chi connectivity index (χ3n) is 4.54. The maximum absolute atomic E-state index is 13.5. The van der Waals surface area contributed by atoms with E-state index in [2.05, 4.69) is 24.3 Å². The summed E-state index contributed by atoms with van der Waals surface area (Å²) in [6.45, 7) is 3.99. The number of rotatable bonds is 5. The molecular formula is C22H25FO3. The fourth-order valence-corrected chi connectivity index (χ4v) is 3.25. The first-order chi connectivity index (χ1) is 12.5. The van der Waals surface area contributed by atoms with Crippen LogP contribution < -0.4 is 4.74 Å². The Bertz CT molecular complexity index is 763. The second kappa shape index (κ2) is 8.37. The zero-order valence-electron chi connectivity index (χ0n) is 15.2. The van der Waals surface area contributed by atoms with Crippen LogP contribution in [0, 0.1) is 0 Å². The number of aliphatic hydroxyl groups is 1. The van der Waals surface area contributed by atoms with E-state index in [1.54, 1.807) is 0 Å². The SMILES string of the molecule is CCOc1ccc(Cc2cccc(C3CC(O)C/C(=C(/C)F)O3)c2)cc1. The van der Waals surface area contributed by atoms with Crippen LogP contribution in [0.2, 0.25) is 0 Å². The van der Waals surface area contributed by atoms with E-state index in [0.717, 1.165) is 23.3 Å². The molecule has 2 aromatic rings. The van der Waals surface area contributed by atoms with E-state index in [1.165, 1.54) is 12.5 Å². The molecule has 0 saturated carbocycles. The lowest BCUT2D eigenvalue weighted by Crippen LogP contribution is -2.22. The lowest BCUT2D eigenvalue weighted by atomic mass is 9.95. The van der Waals surface area contributed by atoms with Gasteiger partial charge >= 0.3 is 0 Å². The smallest absolute Gasteiger partial charge is 0.134 e. The minimum atomic E-state index is -0.579. The molecule has 26 heavy (non-hydrogen) atoms. The number of hydrogen-bond donors (Lipinski definition) is 1. The Balaban J connectivity index is 1.74. The predicted octanol–water partition coefficient (Wildman–Crippen LogP) is 5.09. The number of aliphatic hydroxyl groups excluding tert-OH is 1. The average Bonchev–Trinajstić information content (AvgIpc) is 2.63. The molecule has 2 atom stereocenters. The highest BCUT2D eigenvalue weighted by atomic mass is 19.1. The van der Waals surface area contributed by atoms with E-state index in [9.17, 15) is 9.50 Å². The van der Waals surface area contributed by atoms with Gasteiger partial charge in [0.15, 0.2) is 0 Å². The largest absolute Gasteiger partial charge is 0.494 e. The molecule has 1 aliphatic rings. The van der Waals surface area contributed by atoms with Crippen molar-refractivity contribution in [3.63, 3.8) is 0 Å². The van der Waals surface area contributed by atoms with Crippen LogP contribution in [0.4, 0.5) is 4.39 Å². The normalized spacial score (nSPS) is 21.8. The summed E-state index contributed by atoms with van der Waals surface area (Å²) < 4.78 is 24.8. The van der Waals surface area contributed by atoms with Gasteiger partial charge in [0.05, 0.1) is 12.7 Å². The number of halogens is 1. The fraction of sp³-hybridized carbons (Fsp3) is 0.364. The summed E-state index contributed by atoms with van der Waals surface area (Å²) in [6, 6.07) is 16.2. The van der Waals surface area contributed by atoms with Crippen LogP contribution in [0.25, 0.3) is 0 Å². The van der Waals surface area contributed by atoms with Crippen molar-refractivity contribution in [2.75, 3.05) is 6.61 Å². The van der Waals surface area contributed by atoms with Gasteiger partial charge < -0.3 is 14.6 Å². The Kier molecular flexibility index (Phi) is 5.94. The summed E-state index contributed by atoms with van der Waals surface area (Å²) in [4.78, 5) is 0. The van der Waals surface area contributed by atoms with Crippen LogP contribution in [-0.4, -0.2) is 17.8 Å². The zero-order valence-corrected chi connectivity index (χ0v) is 15.2. The molecular weight excluding hydrogens is 331 g/mol. The Morgan fingerprint density at radius 2 is 1.96 bits per heavy atom. The summed E-state index contributed by atoms with van der Waals surface area (Å²) >= 11 is 0. The highest BCUT2D eigenvalue weighted by Gasteiger charge is 2.27. The first-order valence-corrected chi connectivity index (χ1v) is 9.05. The first kappa shape index (κ1) is 18.5. The molecule has 0 spiro atoms. The van der Waals surface area contributed by atoms with E-state index in [0.29, 0.717) is 13.0 Å². The van der Waals surface area contributed by atoms with E-state index in [-0.39, 0.29) is 24.1 Å². The van der Waals surface area contributed by atoms with E-state index in [1.807, 2.05) is 31.2 Å². The molecule has 1 N–H and O–H groups in total. The molecule has 1 aliphatic heterocycles. The van der Waals surface area contributed by atoms with Crippen molar-refractivity contribution in [2.45, 2.75) is 45.3 Å². The summed E-state index contributed by atoms with van der Waals surface area (Å²) in [5.74, 6) is 0.764. The highest BCUT2D eigenvalue weighted by Crippen LogP contribution is 2.35. The Labute approximate surface area is 154 Å². The van der Waals surface area contributed by atoms with Gasteiger partial charge in [0.2, 0.25) is 0 Å². The lowest BCUT2D eigenvalue weighted by Gasteiger charge is -2.30. The van der Waals surface area contributed by atoms with Crippen molar-refractivity contribution in [3.8, 4) is 5.75 Å². The third-order valence-corrected chi connectivity index (χ3v) is 4.54. The second-order valence-electron chi connectivity index (χ2n) is 6.66. The number of ether oxygens (including phenoxy) is 2. The number of allylic oxidation sites excluding steroid dienone is 1. The predicted molar refractivity (Wildman–Crippen MR) is 99.7 cm³/mol. The van der Waals surface area contributed by atoms with Gasteiger partial charge in [0, 0.05) is 12.8 Å². The quantitative estimate of drug-likeness (QED) is 0.811. The summed E-state index contributed by atoms with van der Waals surface area (Å²) in [7, 11) is 0. The lowest BCUT2D eigenvalue weighted by molar-refractivity contribution is -0.00407. The molecule has 138 valence electrons. The molecule has 0 radical (unpaired) electrons. The molecule has 2 aromatic carbocycles. The maximum Gasteiger partial charge on any atom is 0.134 e. The molecule has 0 bridgehead atoms. The average molecular weight is 356 g/mol. The Morgan fingerprint density at radius 3 is 2.65 bits per heavy atom. The second-order valence-corrected chi connectivity index (χ2v) is 6.66. The number of hydrogen-bond acceptors (Lipinski definition) is 3. The van der Waals surface area contributed by atoms with Crippen LogP contribution in [0.15, 0.2) is 60.1 Å². The third kappa shape index (κ3) is 4.64. The van der Waals surface area contributed by atoms with Gasteiger partial charge in [0.1, 0.15) is 23.4 Å². The molecule has 1 saturated heterocycles. The Morgan fingerprint density at radius 1 is 1.19 bits per heavy atom. The zero-order chi connectivity index (χ0) is 18.5. The van der Waals surface area contributed by atoms with Gasteiger partial charge in [-0.3, -0.25) is 0 Å².